The van der Waals surface area contributed by atoms with Gasteiger partial charge in [0.15, 0.2) is 11.0 Å². The summed E-state index contributed by atoms with van der Waals surface area (Å²) < 4.78 is 1.96. The minimum Gasteiger partial charge on any atom is -0.350 e. The van der Waals surface area contributed by atoms with Crippen LogP contribution in [-0.4, -0.2) is 56.4 Å². The van der Waals surface area contributed by atoms with Gasteiger partial charge in [0, 0.05) is 24.5 Å². The van der Waals surface area contributed by atoms with Gasteiger partial charge in [-0.3, -0.25) is 9.59 Å². The number of fused-ring (bicyclic) bond motifs is 1. The molecule has 1 N–H and O–H groups in total. The molecular weight excluding hydrogens is 454 g/mol. The van der Waals surface area contributed by atoms with Crippen LogP contribution in [0.3, 0.4) is 0 Å². The monoisotopic (exact) mass is 491 g/mol. The summed E-state index contributed by atoms with van der Waals surface area (Å²) in [5.41, 5.74) is 1.45. The molecule has 2 amide bonds. The minimum atomic E-state index is -0.320. The van der Waals surface area contributed by atoms with Crippen LogP contribution in [0.2, 0.25) is 0 Å². The molecule has 0 saturated heterocycles. The molecule has 1 aliphatic carbocycles. The molecule has 33 heavy (non-hydrogen) atoms. The molecule has 2 heterocycles. The smallest absolute Gasteiger partial charge is 0.240 e. The number of amides is 2. The first-order valence-electron chi connectivity index (χ1n) is 11.4. The van der Waals surface area contributed by atoms with E-state index < -0.39 is 0 Å². The summed E-state index contributed by atoms with van der Waals surface area (Å²) in [5, 5.41) is 12.3. The minimum absolute atomic E-state index is 0.0387. The summed E-state index contributed by atoms with van der Waals surface area (Å²) in [6.45, 7) is 12.8. The van der Waals surface area contributed by atoms with Crippen LogP contribution in [0.25, 0.3) is 10.7 Å². The van der Waals surface area contributed by atoms with Crippen LogP contribution >= 0.6 is 23.1 Å². The zero-order valence-corrected chi connectivity index (χ0v) is 22.7. The SMILES string of the molecule is CN(CC(=O)NC(C)(C)C)C(=O)CSc1nnc(-c2cc3c(s2)CCC(C(C)(C)C)C3)n1C. The summed E-state index contributed by atoms with van der Waals surface area (Å²) in [6.07, 6.45) is 3.49. The average Bonchev–Trinajstić information content (AvgIpc) is 3.26. The predicted octanol–water partition coefficient (Wildman–Crippen LogP) is 4.16. The van der Waals surface area contributed by atoms with Crippen molar-refractivity contribution in [3.63, 3.8) is 0 Å². The van der Waals surface area contributed by atoms with Crippen molar-refractivity contribution in [2.24, 2.45) is 18.4 Å². The highest BCUT2D eigenvalue weighted by Crippen LogP contribution is 2.42. The third-order valence-corrected chi connectivity index (χ3v) is 8.25. The van der Waals surface area contributed by atoms with Crippen molar-refractivity contribution in [1.82, 2.24) is 25.0 Å². The molecule has 0 radical (unpaired) electrons. The number of aryl methyl sites for hydroxylation is 1. The first kappa shape index (κ1) is 25.7. The summed E-state index contributed by atoms with van der Waals surface area (Å²) in [6, 6.07) is 2.28. The second kappa shape index (κ2) is 9.78. The Morgan fingerprint density at radius 1 is 1.24 bits per heavy atom. The van der Waals surface area contributed by atoms with Gasteiger partial charge in [-0.05, 0) is 63.0 Å². The molecular formula is C24H37N5O2S2. The quantitative estimate of drug-likeness (QED) is 0.614. The van der Waals surface area contributed by atoms with Crippen LogP contribution in [0.1, 0.15) is 58.4 Å². The van der Waals surface area contributed by atoms with E-state index in [0.29, 0.717) is 16.5 Å². The Morgan fingerprint density at radius 2 is 1.94 bits per heavy atom. The lowest BCUT2D eigenvalue weighted by Gasteiger charge is -2.33. The molecule has 9 heteroatoms. The number of hydrogen-bond acceptors (Lipinski definition) is 6. The van der Waals surface area contributed by atoms with E-state index in [9.17, 15) is 9.59 Å². The number of carbonyl (C=O) groups excluding carboxylic acids is 2. The fraction of sp³-hybridized carbons (Fsp3) is 0.667. The van der Waals surface area contributed by atoms with E-state index in [1.807, 2.05) is 43.7 Å². The largest absolute Gasteiger partial charge is 0.350 e. The molecule has 0 spiro atoms. The zero-order chi connectivity index (χ0) is 24.6. The van der Waals surface area contributed by atoms with E-state index in [1.54, 1.807) is 7.05 Å². The van der Waals surface area contributed by atoms with Gasteiger partial charge in [-0.25, -0.2) is 0 Å². The van der Waals surface area contributed by atoms with Gasteiger partial charge < -0.3 is 14.8 Å². The van der Waals surface area contributed by atoms with Crippen LogP contribution in [0.5, 0.6) is 0 Å². The Balaban J connectivity index is 1.61. The number of thiophene rings is 1. The highest BCUT2D eigenvalue weighted by atomic mass is 32.2. The van der Waals surface area contributed by atoms with Gasteiger partial charge in [-0.15, -0.1) is 21.5 Å². The van der Waals surface area contributed by atoms with Crippen molar-refractivity contribution in [1.29, 1.82) is 0 Å². The molecule has 1 atom stereocenters. The van der Waals surface area contributed by atoms with Crippen LogP contribution in [-0.2, 0) is 29.5 Å². The van der Waals surface area contributed by atoms with Gasteiger partial charge in [0.05, 0.1) is 17.2 Å². The third-order valence-electron chi connectivity index (χ3n) is 6.01. The number of hydrogen-bond donors (Lipinski definition) is 1. The van der Waals surface area contributed by atoms with Crippen LogP contribution in [0.4, 0.5) is 0 Å². The Morgan fingerprint density at radius 3 is 2.58 bits per heavy atom. The van der Waals surface area contributed by atoms with Crippen molar-refractivity contribution < 1.29 is 9.59 Å². The Kier molecular flexibility index (Phi) is 7.63. The van der Waals surface area contributed by atoms with E-state index in [-0.39, 0.29) is 29.7 Å². The van der Waals surface area contributed by atoms with E-state index in [4.69, 9.17) is 0 Å². The number of nitrogens with zero attached hydrogens (tertiary/aromatic N) is 4. The highest BCUT2D eigenvalue weighted by Gasteiger charge is 2.30. The first-order valence-corrected chi connectivity index (χ1v) is 13.2. The molecule has 1 aliphatic rings. The zero-order valence-electron chi connectivity index (χ0n) is 21.1. The molecule has 3 rings (SSSR count). The second-order valence-electron chi connectivity index (χ2n) is 11.1. The van der Waals surface area contributed by atoms with Gasteiger partial charge in [0.25, 0.3) is 0 Å². The third kappa shape index (κ3) is 6.59. The van der Waals surface area contributed by atoms with Crippen LogP contribution in [0, 0.1) is 11.3 Å². The van der Waals surface area contributed by atoms with Gasteiger partial charge in [-0.1, -0.05) is 32.5 Å². The fourth-order valence-electron chi connectivity index (χ4n) is 4.03. The first-order chi connectivity index (χ1) is 15.2. The van der Waals surface area contributed by atoms with Gasteiger partial charge in [-0.2, -0.15) is 0 Å². The Labute approximate surface area is 205 Å². The molecule has 182 valence electrons. The normalized spacial score (nSPS) is 16.4. The maximum absolute atomic E-state index is 12.5. The summed E-state index contributed by atoms with van der Waals surface area (Å²) in [4.78, 5) is 28.7. The Bertz CT molecular complexity index is 1010. The fourth-order valence-corrected chi connectivity index (χ4v) is 6.11. The van der Waals surface area contributed by atoms with Gasteiger partial charge >= 0.3 is 0 Å². The van der Waals surface area contributed by atoms with Crippen molar-refractivity contribution in [3.05, 3.63) is 16.5 Å². The van der Waals surface area contributed by atoms with Gasteiger partial charge in [0.2, 0.25) is 11.8 Å². The number of thioether (sulfide) groups is 1. The van der Waals surface area contributed by atoms with Crippen molar-refractivity contribution in [2.75, 3.05) is 19.3 Å². The van der Waals surface area contributed by atoms with E-state index in [0.717, 1.165) is 23.5 Å². The molecule has 0 aromatic carbocycles. The van der Waals surface area contributed by atoms with Crippen molar-refractivity contribution in [2.45, 2.75) is 71.5 Å². The molecule has 0 bridgehead atoms. The number of nitrogens with one attached hydrogen (secondary N) is 1. The number of carbonyl (C=O) groups is 2. The maximum Gasteiger partial charge on any atom is 0.240 e. The average molecular weight is 492 g/mol. The topological polar surface area (TPSA) is 80.1 Å². The summed E-state index contributed by atoms with van der Waals surface area (Å²) in [7, 11) is 3.59. The molecule has 7 nitrogen and oxygen atoms in total. The maximum atomic E-state index is 12.5. The van der Waals surface area contributed by atoms with Crippen molar-refractivity contribution in [3.8, 4) is 10.7 Å². The standard InChI is InChI=1S/C24H37N5O2S2/c1-23(2,3)16-9-10-17-15(11-16)12-18(33-17)21-26-27-22(29(21)8)32-14-20(31)28(7)13-19(30)25-24(4,5)6/h12,16H,9-11,13-14H2,1-8H3,(H,25,30). The number of likely N-dealkylation sites (N-methyl/N-ethyl adjacent to an activating group) is 1. The molecule has 0 fully saturated rings. The molecule has 0 aliphatic heterocycles. The highest BCUT2D eigenvalue weighted by molar-refractivity contribution is 7.99. The van der Waals surface area contributed by atoms with E-state index in [1.165, 1.54) is 33.5 Å². The lowest BCUT2D eigenvalue weighted by molar-refractivity contribution is -0.133. The number of aromatic nitrogens is 3. The summed E-state index contributed by atoms with van der Waals surface area (Å²) in [5.74, 6) is 1.47. The van der Waals surface area contributed by atoms with E-state index in [2.05, 4.69) is 42.4 Å². The summed E-state index contributed by atoms with van der Waals surface area (Å²) >= 11 is 3.17. The molecule has 2 aromatic rings. The number of rotatable bonds is 6. The molecule has 1 unspecified atom stereocenters. The predicted molar refractivity (Wildman–Crippen MR) is 136 cm³/mol. The Hall–Kier alpha value is -1.87. The van der Waals surface area contributed by atoms with Crippen molar-refractivity contribution >= 4 is 34.9 Å². The lowest BCUT2D eigenvalue weighted by atomic mass is 9.72. The lowest BCUT2D eigenvalue weighted by Crippen LogP contribution is -2.46. The van der Waals surface area contributed by atoms with Gasteiger partial charge in [0.1, 0.15) is 0 Å². The van der Waals surface area contributed by atoms with E-state index >= 15 is 0 Å². The van der Waals surface area contributed by atoms with Crippen LogP contribution < -0.4 is 5.32 Å². The molecule has 0 saturated carbocycles. The molecule has 2 aromatic heterocycles. The second-order valence-corrected chi connectivity index (χ2v) is 13.1. The van der Waals surface area contributed by atoms with Crippen LogP contribution in [0.15, 0.2) is 11.2 Å².